The minimum Gasteiger partial charge on any atom is -0.477 e. The van der Waals surface area contributed by atoms with E-state index in [1.807, 2.05) is 0 Å². The average Bonchev–Trinajstić information content (AvgIpc) is 2.56. The topological polar surface area (TPSA) is 104 Å². The fourth-order valence-electron chi connectivity index (χ4n) is 2.19. The Morgan fingerprint density at radius 3 is 2.92 bits per heavy atom. The largest absolute Gasteiger partial charge is 0.477 e. The molecule has 132 valence electrons. The van der Waals surface area contributed by atoms with Crippen LogP contribution in [-0.4, -0.2) is 49.3 Å². The monoisotopic (exact) mass is 337 g/mol. The molecule has 0 saturated carbocycles. The summed E-state index contributed by atoms with van der Waals surface area (Å²) in [5, 5.41) is 0. The highest BCUT2D eigenvalue weighted by Gasteiger charge is 2.34. The van der Waals surface area contributed by atoms with Crippen LogP contribution in [0.4, 0.5) is 11.6 Å². The number of aromatic nitrogens is 1. The van der Waals surface area contributed by atoms with Crippen LogP contribution in [0.3, 0.4) is 0 Å². The SMILES string of the molecule is CCCCOCCOC(=O)CN1C(=O)C(C)Oc2ccc(N)nc21. The van der Waals surface area contributed by atoms with E-state index in [1.165, 1.54) is 4.90 Å². The molecule has 1 aromatic heterocycles. The number of carbonyl (C=O) groups is 2. The van der Waals surface area contributed by atoms with Crippen LogP contribution in [0.5, 0.6) is 5.75 Å². The standard InChI is InChI=1S/C16H23N3O5/c1-3-4-7-22-8-9-23-14(20)10-19-15-12(5-6-13(17)18-15)24-11(2)16(19)21/h5-6,11H,3-4,7-10H2,1-2H3,(H2,17,18). The van der Waals surface area contributed by atoms with Crippen molar-refractivity contribution in [1.82, 2.24) is 4.98 Å². The van der Waals surface area contributed by atoms with Gasteiger partial charge in [-0.25, -0.2) is 4.98 Å². The average molecular weight is 337 g/mol. The Kier molecular flexibility index (Phi) is 6.36. The Bertz CT molecular complexity index is 593. The molecule has 24 heavy (non-hydrogen) atoms. The van der Waals surface area contributed by atoms with E-state index in [0.717, 1.165) is 12.8 Å². The van der Waals surface area contributed by atoms with Gasteiger partial charge in [0.25, 0.3) is 5.91 Å². The van der Waals surface area contributed by atoms with Gasteiger partial charge in [0.1, 0.15) is 19.0 Å². The third-order valence-corrected chi connectivity index (χ3v) is 3.45. The Morgan fingerprint density at radius 2 is 2.17 bits per heavy atom. The first-order chi connectivity index (χ1) is 11.5. The lowest BCUT2D eigenvalue weighted by Gasteiger charge is -2.31. The molecule has 0 aromatic carbocycles. The second kappa shape index (κ2) is 8.49. The predicted octanol–water partition coefficient (Wildman–Crippen LogP) is 1.14. The summed E-state index contributed by atoms with van der Waals surface area (Å²) in [6.45, 7) is 4.56. The number of amides is 1. The molecule has 0 bridgehead atoms. The molecular formula is C16H23N3O5. The summed E-state index contributed by atoms with van der Waals surface area (Å²) < 4.78 is 15.9. The molecule has 0 spiro atoms. The van der Waals surface area contributed by atoms with Gasteiger partial charge >= 0.3 is 5.97 Å². The number of nitrogen functional groups attached to an aromatic ring is 1. The highest BCUT2D eigenvalue weighted by atomic mass is 16.6. The highest BCUT2D eigenvalue weighted by Crippen LogP contribution is 2.32. The molecule has 0 fully saturated rings. The van der Waals surface area contributed by atoms with Crippen LogP contribution in [-0.2, 0) is 19.1 Å². The van der Waals surface area contributed by atoms with Crippen molar-refractivity contribution in [2.45, 2.75) is 32.8 Å². The molecule has 1 unspecified atom stereocenters. The van der Waals surface area contributed by atoms with Gasteiger partial charge in [0.2, 0.25) is 0 Å². The predicted molar refractivity (Wildman–Crippen MR) is 87.8 cm³/mol. The van der Waals surface area contributed by atoms with Gasteiger partial charge in [0.05, 0.1) is 6.61 Å². The lowest BCUT2D eigenvalue weighted by atomic mass is 10.2. The van der Waals surface area contributed by atoms with E-state index in [0.29, 0.717) is 19.0 Å². The molecule has 2 heterocycles. The Labute approximate surface area is 140 Å². The highest BCUT2D eigenvalue weighted by molar-refractivity contribution is 6.02. The number of carbonyl (C=O) groups excluding carboxylic acids is 2. The number of nitrogens with two attached hydrogens (primary N) is 1. The molecule has 0 radical (unpaired) electrons. The molecule has 0 saturated heterocycles. The zero-order valence-electron chi connectivity index (χ0n) is 14.0. The number of nitrogens with zero attached hydrogens (tertiary/aromatic N) is 2. The lowest BCUT2D eigenvalue weighted by Crippen LogP contribution is -2.47. The maximum Gasteiger partial charge on any atom is 0.326 e. The number of hydrogen-bond acceptors (Lipinski definition) is 7. The third-order valence-electron chi connectivity index (χ3n) is 3.45. The minimum absolute atomic E-state index is 0.147. The number of anilines is 2. The van der Waals surface area contributed by atoms with E-state index in [-0.39, 0.29) is 30.7 Å². The first kappa shape index (κ1) is 18.0. The summed E-state index contributed by atoms with van der Waals surface area (Å²) in [6, 6.07) is 3.20. The third kappa shape index (κ3) is 4.58. The first-order valence-corrected chi connectivity index (χ1v) is 8.00. The van der Waals surface area contributed by atoms with Gasteiger partial charge in [-0.1, -0.05) is 13.3 Å². The van der Waals surface area contributed by atoms with Crippen LogP contribution in [0, 0.1) is 0 Å². The van der Waals surface area contributed by atoms with Crippen LogP contribution in [0.15, 0.2) is 12.1 Å². The van der Waals surface area contributed by atoms with E-state index >= 15 is 0 Å². The second-order valence-corrected chi connectivity index (χ2v) is 5.43. The summed E-state index contributed by atoms with van der Waals surface area (Å²) in [4.78, 5) is 29.6. The molecule has 8 heteroatoms. The minimum atomic E-state index is -0.701. The van der Waals surface area contributed by atoms with Crippen LogP contribution >= 0.6 is 0 Å². The van der Waals surface area contributed by atoms with Gasteiger partial charge in [-0.05, 0) is 25.5 Å². The zero-order valence-corrected chi connectivity index (χ0v) is 14.0. The number of esters is 1. The zero-order chi connectivity index (χ0) is 17.5. The lowest BCUT2D eigenvalue weighted by molar-refractivity contribution is -0.145. The molecule has 0 aliphatic carbocycles. The number of hydrogen-bond donors (Lipinski definition) is 1. The molecule has 2 rings (SSSR count). The van der Waals surface area contributed by atoms with Crippen molar-refractivity contribution in [3.05, 3.63) is 12.1 Å². The summed E-state index contributed by atoms with van der Waals surface area (Å²) in [5.41, 5.74) is 5.66. The van der Waals surface area contributed by atoms with Gasteiger partial charge in [0.15, 0.2) is 17.7 Å². The van der Waals surface area contributed by atoms with Crippen molar-refractivity contribution in [3.8, 4) is 5.75 Å². The van der Waals surface area contributed by atoms with Gasteiger partial charge in [-0.15, -0.1) is 0 Å². The van der Waals surface area contributed by atoms with Crippen LogP contribution in [0.2, 0.25) is 0 Å². The van der Waals surface area contributed by atoms with Crippen molar-refractivity contribution in [2.75, 3.05) is 37.0 Å². The number of ether oxygens (including phenoxy) is 3. The number of unbranched alkanes of at least 4 members (excludes halogenated alkanes) is 1. The van der Waals surface area contributed by atoms with Crippen LogP contribution in [0.1, 0.15) is 26.7 Å². The van der Waals surface area contributed by atoms with Gasteiger partial charge in [-0.2, -0.15) is 0 Å². The summed E-state index contributed by atoms with van der Waals surface area (Å²) >= 11 is 0. The van der Waals surface area contributed by atoms with E-state index in [9.17, 15) is 9.59 Å². The Balaban J connectivity index is 1.92. The maximum atomic E-state index is 12.3. The quantitative estimate of drug-likeness (QED) is 0.560. The van der Waals surface area contributed by atoms with Gasteiger partial charge in [-0.3, -0.25) is 14.5 Å². The molecule has 1 aromatic rings. The van der Waals surface area contributed by atoms with E-state index in [4.69, 9.17) is 19.9 Å². The van der Waals surface area contributed by atoms with Gasteiger partial charge in [0, 0.05) is 6.61 Å². The number of fused-ring (bicyclic) bond motifs is 1. The molecule has 8 nitrogen and oxygen atoms in total. The van der Waals surface area contributed by atoms with E-state index in [1.54, 1.807) is 19.1 Å². The number of pyridine rings is 1. The molecule has 1 aliphatic rings. The van der Waals surface area contributed by atoms with Crippen LogP contribution < -0.4 is 15.4 Å². The summed E-state index contributed by atoms with van der Waals surface area (Å²) in [6.07, 6.45) is 1.32. The first-order valence-electron chi connectivity index (χ1n) is 8.00. The van der Waals surface area contributed by atoms with Crippen LogP contribution in [0.25, 0.3) is 0 Å². The van der Waals surface area contributed by atoms with E-state index in [2.05, 4.69) is 11.9 Å². The molecule has 1 atom stereocenters. The Morgan fingerprint density at radius 1 is 1.38 bits per heavy atom. The fraction of sp³-hybridized carbons (Fsp3) is 0.562. The molecule has 1 amide bonds. The molecule has 1 aliphatic heterocycles. The van der Waals surface area contributed by atoms with Gasteiger partial charge < -0.3 is 19.9 Å². The smallest absolute Gasteiger partial charge is 0.326 e. The second-order valence-electron chi connectivity index (χ2n) is 5.43. The normalized spacial score (nSPS) is 16.5. The molecular weight excluding hydrogens is 314 g/mol. The molecule has 2 N–H and O–H groups in total. The Hall–Kier alpha value is -2.35. The number of rotatable bonds is 8. The van der Waals surface area contributed by atoms with Crippen molar-refractivity contribution in [1.29, 1.82) is 0 Å². The van der Waals surface area contributed by atoms with Crippen molar-refractivity contribution < 1.29 is 23.8 Å². The van der Waals surface area contributed by atoms with Crippen molar-refractivity contribution >= 4 is 23.5 Å². The maximum absolute atomic E-state index is 12.3. The van der Waals surface area contributed by atoms with Crippen molar-refractivity contribution in [3.63, 3.8) is 0 Å². The van der Waals surface area contributed by atoms with Crippen molar-refractivity contribution in [2.24, 2.45) is 0 Å². The summed E-state index contributed by atoms with van der Waals surface area (Å²) in [5.74, 6) is -0.0212. The fourth-order valence-corrected chi connectivity index (χ4v) is 2.19. The van der Waals surface area contributed by atoms with E-state index < -0.39 is 12.1 Å². The summed E-state index contributed by atoms with van der Waals surface area (Å²) in [7, 11) is 0.